The van der Waals surface area contributed by atoms with E-state index in [1.54, 1.807) is 0 Å². The summed E-state index contributed by atoms with van der Waals surface area (Å²) in [5.41, 5.74) is 1.70. The van der Waals surface area contributed by atoms with Gasteiger partial charge in [-0.25, -0.2) is 4.90 Å². The summed E-state index contributed by atoms with van der Waals surface area (Å²) in [5, 5.41) is 0. The quantitative estimate of drug-likeness (QED) is 0.287. The summed E-state index contributed by atoms with van der Waals surface area (Å²) in [4.78, 5) is 29.0. The molecule has 2 aliphatic rings. The molecule has 1 saturated heterocycles. The van der Waals surface area contributed by atoms with Crippen LogP contribution in [0.3, 0.4) is 0 Å². The fourth-order valence-electron chi connectivity index (χ4n) is 6.48. The minimum Gasteiger partial charge on any atom is -0.543 e. The van der Waals surface area contributed by atoms with Crippen LogP contribution in [0.25, 0.3) is 0 Å². The second-order valence-corrected chi connectivity index (χ2v) is 16.5. The number of nitrogens with zero attached hydrogens (tertiary/aromatic N) is 1. The van der Waals surface area contributed by atoms with Crippen molar-refractivity contribution in [2.24, 2.45) is 17.8 Å². The van der Waals surface area contributed by atoms with Crippen molar-refractivity contribution in [1.82, 2.24) is 0 Å². The van der Waals surface area contributed by atoms with Gasteiger partial charge in [-0.1, -0.05) is 84.9 Å². The highest BCUT2D eigenvalue weighted by Crippen LogP contribution is 2.49. The van der Waals surface area contributed by atoms with Gasteiger partial charge in [0.1, 0.15) is 11.5 Å². The molecule has 4 rings (SSSR count). The largest absolute Gasteiger partial charge is 0.543 e. The molecule has 0 N–H and O–H groups in total. The van der Waals surface area contributed by atoms with E-state index in [9.17, 15) is 9.59 Å². The van der Waals surface area contributed by atoms with Crippen LogP contribution in [0, 0.1) is 17.8 Å². The van der Waals surface area contributed by atoms with Crippen molar-refractivity contribution in [2.45, 2.75) is 71.2 Å². The van der Waals surface area contributed by atoms with Gasteiger partial charge in [-0.3, -0.25) is 9.59 Å². The molecular formula is C30H39NO4Si. The molecule has 1 fully saturated rings. The van der Waals surface area contributed by atoms with Crippen molar-refractivity contribution in [3.05, 3.63) is 72.5 Å². The molecule has 2 aromatic carbocycles. The van der Waals surface area contributed by atoms with Crippen LogP contribution in [0.1, 0.15) is 48.5 Å². The number of ether oxygens (including phenoxy) is 1. The number of rotatable bonds is 8. The second-order valence-electron chi connectivity index (χ2n) is 11.1. The first-order chi connectivity index (χ1) is 17.1. The summed E-state index contributed by atoms with van der Waals surface area (Å²) < 4.78 is 13.7. The number of fused-ring (bicyclic) bond motifs is 1. The number of carbonyl (C=O) groups excluding carboxylic acids is 2. The number of amides is 2. The first-order valence-electron chi connectivity index (χ1n) is 13.1. The van der Waals surface area contributed by atoms with Gasteiger partial charge in [-0.2, -0.15) is 0 Å². The molecule has 2 aromatic rings. The SMILES string of the molecule is CC(C)[Si](OC1=C[C@@H](C)[C@H]2C(=O)N(c3ccccc3)C(=O)[C@H]2[C@H]1Oc1ccccc1)(C(C)C)C(C)C. The Morgan fingerprint density at radius 3 is 1.78 bits per heavy atom. The lowest BCUT2D eigenvalue weighted by Crippen LogP contribution is -2.51. The third-order valence-corrected chi connectivity index (χ3v) is 14.0. The van der Waals surface area contributed by atoms with Crippen LogP contribution in [0.5, 0.6) is 5.75 Å². The Bertz CT molecular complexity index is 1090. The number of carbonyl (C=O) groups is 2. The topological polar surface area (TPSA) is 55.8 Å². The molecule has 1 aliphatic carbocycles. The minimum absolute atomic E-state index is 0.149. The van der Waals surface area contributed by atoms with E-state index in [-0.39, 0.29) is 17.7 Å². The van der Waals surface area contributed by atoms with Crippen LogP contribution >= 0.6 is 0 Å². The van der Waals surface area contributed by atoms with E-state index in [0.717, 1.165) is 0 Å². The Morgan fingerprint density at radius 1 is 0.750 bits per heavy atom. The van der Waals surface area contributed by atoms with Crippen molar-refractivity contribution in [2.75, 3.05) is 4.90 Å². The molecule has 0 bridgehead atoms. The molecule has 6 heteroatoms. The van der Waals surface area contributed by atoms with Crippen molar-refractivity contribution >= 4 is 25.8 Å². The first-order valence-corrected chi connectivity index (χ1v) is 15.3. The molecule has 192 valence electrons. The van der Waals surface area contributed by atoms with E-state index in [2.05, 4.69) is 47.6 Å². The number of anilines is 1. The van der Waals surface area contributed by atoms with Crippen LogP contribution < -0.4 is 9.64 Å². The van der Waals surface area contributed by atoms with Crippen molar-refractivity contribution in [1.29, 1.82) is 0 Å². The van der Waals surface area contributed by atoms with E-state index in [4.69, 9.17) is 9.16 Å². The summed E-state index contributed by atoms with van der Waals surface area (Å²) in [5.74, 6) is -0.298. The number of imide groups is 1. The predicted molar refractivity (Wildman–Crippen MR) is 146 cm³/mol. The van der Waals surface area contributed by atoms with Crippen LogP contribution in [-0.4, -0.2) is 26.2 Å². The molecule has 0 spiro atoms. The molecule has 36 heavy (non-hydrogen) atoms. The lowest BCUT2D eigenvalue weighted by atomic mass is 9.76. The summed E-state index contributed by atoms with van der Waals surface area (Å²) in [6.45, 7) is 15.5. The summed E-state index contributed by atoms with van der Waals surface area (Å²) >= 11 is 0. The fraction of sp³-hybridized carbons (Fsp3) is 0.467. The first kappa shape index (κ1) is 26.2. The number of hydrogen-bond acceptors (Lipinski definition) is 4. The maximum Gasteiger partial charge on any atom is 0.258 e. The van der Waals surface area contributed by atoms with Crippen molar-refractivity contribution in [3.63, 3.8) is 0 Å². The molecular weight excluding hydrogens is 466 g/mol. The molecule has 4 atom stereocenters. The van der Waals surface area contributed by atoms with Gasteiger partial charge >= 0.3 is 0 Å². The average molecular weight is 506 g/mol. The zero-order chi connectivity index (χ0) is 26.2. The molecule has 0 unspecified atom stereocenters. The minimum atomic E-state index is -2.33. The monoisotopic (exact) mass is 505 g/mol. The van der Waals surface area contributed by atoms with Gasteiger partial charge in [-0.15, -0.1) is 0 Å². The van der Waals surface area contributed by atoms with Gasteiger partial charge < -0.3 is 9.16 Å². The van der Waals surface area contributed by atoms with E-state index in [1.165, 1.54) is 4.90 Å². The Morgan fingerprint density at radius 2 is 1.25 bits per heavy atom. The molecule has 0 radical (unpaired) electrons. The smallest absolute Gasteiger partial charge is 0.258 e. The highest BCUT2D eigenvalue weighted by molar-refractivity contribution is 6.77. The predicted octanol–water partition coefficient (Wildman–Crippen LogP) is 6.97. The number of benzene rings is 2. The molecule has 0 saturated carbocycles. The number of allylic oxidation sites excluding steroid dienone is 1. The molecule has 2 amide bonds. The lowest BCUT2D eigenvalue weighted by molar-refractivity contribution is -0.124. The van der Waals surface area contributed by atoms with Gasteiger partial charge in [0.15, 0.2) is 6.10 Å². The number of hydrogen-bond donors (Lipinski definition) is 0. The Kier molecular flexibility index (Phi) is 7.46. The van der Waals surface area contributed by atoms with E-state index >= 15 is 0 Å². The highest BCUT2D eigenvalue weighted by Gasteiger charge is 2.59. The summed E-state index contributed by atoms with van der Waals surface area (Å²) in [6.07, 6.45) is 1.39. The third-order valence-electron chi connectivity index (χ3n) is 8.02. The van der Waals surface area contributed by atoms with Crippen LogP contribution in [0.2, 0.25) is 16.6 Å². The third kappa shape index (κ3) is 4.40. The molecule has 1 aliphatic heterocycles. The molecule has 1 heterocycles. The zero-order valence-corrected chi connectivity index (χ0v) is 23.5. The zero-order valence-electron chi connectivity index (χ0n) is 22.5. The van der Waals surface area contributed by atoms with E-state index < -0.39 is 26.3 Å². The molecule has 0 aromatic heterocycles. The average Bonchev–Trinajstić information content (AvgIpc) is 3.10. The summed E-state index contributed by atoms with van der Waals surface area (Å²) in [6, 6.07) is 18.7. The van der Waals surface area contributed by atoms with Crippen LogP contribution in [0.15, 0.2) is 72.5 Å². The highest BCUT2D eigenvalue weighted by atomic mass is 28.4. The van der Waals surface area contributed by atoms with Crippen molar-refractivity contribution in [3.8, 4) is 5.75 Å². The molecule has 5 nitrogen and oxygen atoms in total. The lowest BCUT2D eigenvalue weighted by Gasteiger charge is -2.46. The summed E-state index contributed by atoms with van der Waals surface area (Å²) in [7, 11) is -2.33. The van der Waals surface area contributed by atoms with E-state index in [1.807, 2.05) is 67.6 Å². The Hall–Kier alpha value is -2.86. The maximum atomic E-state index is 14.0. The van der Waals surface area contributed by atoms with Gasteiger partial charge in [0, 0.05) is 0 Å². The Labute approximate surface area is 216 Å². The van der Waals surface area contributed by atoms with Crippen LogP contribution in [-0.2, 0) is 14.0 Å². The second kappa shape index (κ2) is 10.2. The normalized spacial score (nSPS) is 24.4. The van der Waals surface area contributed by atoms with Crippen LogP contribution in [0.4, 0.5) is 5.69 Å². The maximum absolute atomic E-state index is 14.0. The van der Waals surface area contributed by atoms with Crippen molar-refractivity contribution < 1.29 is 18.8 Å². The van der Waals surface area contributed by atoms with E-state index in [0.29, 0.717) is 33.8 Å². The number of para-hydroxylation sites is 2. The fourth-order valence-corrected chi connectivity index (χ4v) is 11.8. The van der Waals surface area contributed by atoms with Gasteiger partial charge in [-0.05, 0) is 52.9 Å². The van der Waals surface area contributed by atoms with Gasteiger partial charge in [0.2, 0.25) is 11.8 Å². The van der Waals surface area contributed by atoms with Gasteiger partial charge in [0.05, 0.1) is 17.5 Å². The standard InChI is InChI=1S/C30H39NO4Si/c1-19(2)36(20(3)4,21(5)6)35-25-18-22(7)26-27(28(25)34-24-16-12-9-13-17-24)30(33)31(29(26)32)23-14-10-8-11-15-23/h8-22,26-28H,1-7H3/t22-,26-,27-,28+/m1/s1. The van der Waals surface area contributed by atoms with Gasteiger partial charge in [0.25, 0.3) is 8.32 Å². The Balaban J connectivity index is 1.81.